The van der Waals surface area contributed by atoms with Gasteiger partial charge in [0.25, 0.3) is 0 Å². The molecule has 4 N–H and O–H groups in total. The summed E-state index contributed by atoms with van der Waals surface area (Å²) < 4.78 is 7.94. The zero-order valence-electron chi connectivity index (χ0n) is 24.9. The second-order valence-corrected chi connectivity index (χ2v) is 11.7. The number of allylic oxidation sites excluding steroid dienone is 1. The number of ketones is 1. The van der Waals surface area contributed by atoms with Gasteiger partial charge < -0.3 is 35.5 Å². The average Bonchev–Trinajstić information content (AvgIpc) is 3.76. The minimum Gasteiger partial charge on any atom is -0.452 e. The highest BCUT2D eigenvalue weighted by Gasteiger charge is 2.31. The normalized spacial score (nSPS) is 19.0. The van der Waals surface area contributed by atoms with Gasteiger partial charge in [-0.05, 0) is 68.3 Å². The molecule has 3 aliphatic rings. The summed E-state index contributed by atoms with van der Waals surface area (Å²) in [5.74, 6) is 0.503. The van der Waals surface area contributed by atoms with Gasteiger partial charge in [0.15, 0.2) is 5.76 Å². The van der Waals surface area contributed by atoms with Gasteiger partial charge in [0.1, 0.15) is 11.4 Å². The van der Waals surface area contributed by atoms with Crippen molar-refractivity contribution in [1.29, 1.82) is 0 Å². The van der Waals surface area contributed by atoms with E-state index in [1.807, 2.05) is 23.9 Å². The first kappa shape index (κ1) is 28.5. The maximum Gasteiger partial charge on any atom is 0.323 e. The molecule has 0 aliphatic carbocycles. The van der Waals surface area contributed by atoms with Crippen molar-refractivity contribution in [2.75, 3.05) is 41.7 Å². The largest absolute Gasteiger partial charge is 0.452 e. The fourth-order valence-corrected chi connectivity index (χ4v) is 6.31. The van der Waals surface area contributed by atoms with Crippen molar-refractivity contribution >= 4 is 51.9 Å². The van der Waals surface area contributed by atoms with Crippen molar-refractivity contribution in [3.05, 3.63) is 78.1 Å². The lowest BCUT2D eigenvalue weighted by atomic mass is 9.94. The highest BCUT2D eigenvalue weighted by molar-refractivity contribution is 6.16. The van der Waals surface area contributed by atoms with Crippen LogP contribution in [0.3, 0.4) is 0 Å². The third kappa shape index (κ3) is 5.84. The fraction of sp³-hybridized carbons (Fsp3) is 0.303. The van der Waals surface area contributed by atoms with Crippen LogP contribution in [0.1, 0.15) is 35.2 Å². The van der Waals surface area contributed by atoms with Gasteiger partial charge in [-0.25, -0.2) is 9.78 Å². The number of Topliss-reactive ketones (excluding diaryl/α,β-unsaturated/α-hetero) is 1. The minimum absolute atomic E-state index is 0.000331. The molecule has 0 radical (unpaired) electrons. The molecular weight excluding hydrogens is 572 g/mol. The Morgan fingerprint density at radius 2 is 1.91 bits per heavy atom. The second kappa shape index (κ2) is 12.0. The number of hydrogen-bond acceptors (Lipinski definition) is 8. The number of piperidine rings is 1. The Morgan fingerprint density at radius 1 is 1.07 bits per heavy atom. The maximum absolute atomic E-state index is 13.5. The lowest BCUT2D eigenvalue weighted by molar-refractivity contribution is -0.126. The summed E-state index contributed by atoms with van der Waals surface area (Å²) in [6.45, 7) is 3.28. The first-order valence-corrected chi connectivity index (χ1v) is 15.2. The lowest BCUT2D eigenvalue weighted by Crippen LogP contribution is -2.44. The van der Waals surface area contributed by atoms with Crippen LogP contribution < -0.4 is 30.9 Å². The SMILES string of the molecule is Cn1cc(C=C2Oc3ccc(NC(=O)Nc4cccnc4)cc3C2=O)c2c(N3CCC(C(=O)N[C@H]4CCNC4)CC3)ccnc21. The molecule has 4 aromatic rings. The summed E-state index contributed by atoms with van der Waals surface area (Å²) in [4.78, 5) is 49.7. The number of aromatic nitrogens is 3. The van der Waals surface area contributed by atoms with Gasteiger partial charge >= 0.3 is 6.03 Å². The Labute approximate surface area is 259 Å². The summed E-state index contributed by atoms with van der Waals surface area (Å²) in [5.41, 5.74) is 4.00. The zero-order chi connectivity index (χ0) is 30.9. The Hall–Kier alpha value is -5.23. The molecule has 7 rings (SSSR count). The molecule has 0 saturated carbocycles. The number of fused-ring (bicyclic) bond motifs is 2. The Morgan fingerprint density at radius 3 is 2.69 bits per heavy atom. The predicted molar refractivity (Wildman–Crippen MR) is 171 cm³/mol. The number of aryl methyl sites for hydroxylation is 1. The molecule has 12 heteroatoms. The number of amides is 3. The Kier molecular flexibility index (Phi) is 7.64. The molecule has 3 amide bonds. The quantitative estimate of drug-likeness (QED) is 0.242. The van der Waals surface area contributed by atoms with Crippen molar-refractivity contribution in [2.45, 2.75) is 25.3 Å². The molecule has 2 saturated heterocycles. The van der Waals surface area contributed by atoms with E-state index in [-0.39, 0.29) is 29.4 Å². The van der Waals surface area contributed by atoms with Crippen LogP contribution in [0.4, 0.5) is 21.9 Å². The molecule has 0 unspecified atom stereocenters. The Bertz CT molecular complexity index is 1800. The highest BCUT2D eigenvalue weighted by atomic mass is 16.5. The molecule has 2 fully saturated rings. The number of nitrogens with zero attached hydrogens (tertiary/aromatic N) is 4. The average molecular weight is 607 g/mol. The minimum atomic E-state index is -0.448. The molecule has 6 heterocycles. The van der Waals surface area contributed by atoms with E-state index in [2.05, 4.69) is 36.1 Å². The molecule has 3 aromatic heterocycles. The molecule has 3 aliphatic heterocycles. The van der Waals surface area contributed by atoms with Crippen molar-refractivity contribution in [1.82, 2.24) is 25.2 Å². The van der Waals surface area contributed by atoms with Gasteiger partial charge in [0, 0.05) is 79.6 Å². The van der Waals surface area contributed by atoms with Crippen LogP contribution >= 0.6 is 0 Å². The molecule has 45 heavy (non-hydrogen) atoms. The molecular formula is C33H34N8O4. The summed E-state index contributed by atoms with van der Waals surface area (Å²) in [7, 11) is 1.93. The molecule has 0 spiro atoms. The van der Waals surface area contributed by atoms with E-state index >= 15 is 0 Å². The summed E-state index contributed by atoms with van der Waals surface area (Å²) in [5, 5.41) is 12.9. The van der Waals surface area contributed by atoms with Crippen molar-refractivity contribution in [2.24, 2.45) is 13.0 Å². The molecule has 230 valence electrons. The molecule has 0 bridgehead atoms. The van der Waals surface area contributed by atoms with Gasteiger partial charge in [0.2, 0.25) is 11.7 Å². The number of anilines is 3. The monoisotopic (exact) mass is 606 g/mol. The van der Waals surface area contributed by atoms with E-state index in [1.165, 1.54) is 0 Å². The van der Waals surface area contributed by atoms with Crippen molar-refractivity contribution < 1.29 is 19.1 Å². The number of rotatable bonds is 6. The second-order valence-electron chi connectivity index (χ2n) is 11.7. The first-order valence-electron chi connectivity index (χ1n) is 15.2. The third-order valence-electron chi connectivity index (χ3n) is 8.61. The molecule has 1 aromatic carbocycles. The van der Waals surface area contributed by atoms with Gasteiger partial charge in [-0.15, -0.1) is 0 Å². The summed E-state index contributed by atoms with van der Waals surface area (Å²) in [6.07, 6.45) is 11.2. The third-order valence-corrected chi connectivity index (χ3v) is 8.61. The van der Waals surface area contributed by atoms with Crippen molar-refractivity contribution in [3.63, 3.8) is 0 Å². The number of nitrogens with one attached hydrogen (secondary N) is 4. The Balaban J connectivity index is 1.08. The van der Waals surface area contributed by atoms with E-state index in [4.69, 9.17) is 4.74 Å². The number of hydrogen-bond donors (Lipinski definition) is 4. The van der Waals surface area contributed by atoms with Gasteiger partial charge in [-0.1, -0.05) is 0 Å². The van der Waals surface area contributed by atoms with E-state index in [1.54, 1.807) is 55.0 Å². The number of ether oxygens (including phenoxy) is 1. The molecule has 1 atom stereocenters. The van der Waals surface area contributed by atoms with Gasteiger partial charge in [-0.2, -0.15) is 0 Å². The van der Waals surface area contributed by atoms with Gasteiger partial charge in [0.05, 0.1) is 17.4 Å². The first-order chi connectivity index (χ1) is 21.9. The van der Waals surface area contributed by atoms with E-state index in [9.17, 15) is 14.4 Å². The number of urea groups is 1. The summed E-state index contributed by atoms with van der Waals surface area (Å²) >= 11 is 0. The number of carbonyl (C=O) groups excluding carboxylic acids is 3. The number of benzene rings is 1. The van der Waals surface area contributed by atoms with Crippen LogP contribution in [0, 0.1) is 5.92 Å². The number of carbonyl (C=O) groups is 3. The standard InChI is InChI=1S/C33H34N8O4/c1-40-19-21(15-28-30(42)25-16-22(4-5-27(25)45-28)38-33(44)39-23-3-2-10-34-17-23)29-26(7-12-36-31(29)40)41-13-8-20(9-14-41)32(43)37-24-6-11-35-18-24/h2-5,7,10,12,15-17,19-20,24,35H,6,8-9,11,13-14,18H2,1H3,(H,37,43)(H2,38,39,44)/t24-/m0/s1. The highest BCUT2D eigenvalue weighted by Crippen LogP contribution is 2.37. The number of pyridine rings is 2. The van der Waals surface area contributed by atoms with Gasteiger partial charge in [-0.3, -0.25) is 14.6 Å². The van der Waals surface area contributed by atoms with E-state index in [0.29, 0.717) is 22.7 Å². The van der Waals surface area contributed by atoms with E-state index in [0.717, 1.165) is 67.7 Å². The van der Waals surface area contributed by atoms with Crippen LogP contribution in [-0.2, 0) is 11.8 Å². The summed E-state index contributed by atoms with van der Waals surface area (Å²) in [6, 6.07) is 10.2. The van der Waals surface area contributed by atoms with E-state index < -0.39 is 6.03 Å². The van der Waals surface area contributed by atoms with Crippen LogP contribution in [0.15, 0.2) is 66.9 Å². The topological polar surface area (TPSA) is 143 Å². The van der Waals surface area contributed by atoms with Crippen LogP contribution in [-0.4, -0.2) is 64.5 Å². The smallest absolute Gasteiger partial charge is 0.323 e. The predicted octanol–water partition coefficient (Wildman–Crippen LogP) is 3.92. The maximum atomic E-state index is 13.5. The van der Waals surface area contributed by atoms with Crippen LogP contribution in [0.2, 0.25) is 0 Å². The van der Waals surface area contributed by atoms with Crippen molar-refractivity contribution in [3.8, 4) is 5.75 Å². The fourth-order valence-electron chi connectivity index (χ4n) is 6.31. The van der Waals surface area contributed by atoms with Crippen LogP contribution in [0.5, 0.6) is 5.75 Å². The van der Waals surface area contributed by atoms with Crippen LogP contribution in [0.25, 0.3) is 17.1 Å². The lowest BCUT2D eigenvalue weighted by Gasteiger charge is -2.34. The zero-order valence-corrected chi connectivity index (χ0v) is 24.9. The molecule has 12 nitrogen and oxygen atoms in total.